The number of halogens is 3. The molecule has 0 aromatic heterocycles. The van der Waals surface area contributed by atoms with E-state index >= 15 is 0 Å². The van der Waals surface area contributed by atoms with Gasteiger partial charge in [0, 0.05) is 43.8 Å². The number of carbonyl (C=O) groups is 2. The van der Waals surface area contributed by atoms with Crippen LogP contribution in [0.1, 0.15) is 72.0 Å². The zero-order valence-corrected chi connectivity index (χ0v) is 36.7. The lowest BCUT2D eigenvalue weighted by Gasteiger charge is -2.46. The van der Waals surface area contributed by atoms with E-state index in [1.165, 1.54) is 32.5 Å². The number of benzene rings is 3. The third-order valence-electron chi connectivity index (χ3n) is 13.1. The number of amides is 2. The minimum Gasteiger partial charge on any atom is -0.493 e. The molecule has 7 rings (SSSR count). The predicted octanol–water partition coefficient (Wildman–Crippen LogP) is 7.19. The highest BCUT2D eigenvalue weighted by molar-refractivity contribution is 6.42. The summed E-state index contributed by atoms with van der Waals surface area (Å²) in [4.78, 5) is 33.9. The number of methoxy groups -OCH3 is 3. The summed E-state index contributed by atoms with van der Waals surface area (Å²) in [5.74, 6) is 1.72. The van der Waals surface area contributed by atoms with Gasteiger partial charge < -0.3 is 43.5 Å². The van der Waals surface area contributed by atoms with Gasteiger partial charge >= 0.3 is 0 Å². The molecule has 3 aromatic rings. The maximum Gasteiger partial charge on any atom is 0.254 e. The van der Waals surface area contributed by atoms with Crippen molar-refractivity contribution in [3.8, 4) is 17.2 Å². The molecule has 1 N–H and O–H groups in total. The van der Waals surface area contributed by atoms with Gasteiger partial charge in [0.1, 0.15) is 12.2 Å². The number of rotatable bonds is 14. The van der Waals surface area contributed by atoms with E-state index in [2.05, 4.69) is 29.2 Å². The molecule has 1 aliphatic carbocycles. The molecule has 3 heterocycles. The summed E-state index contributed by atoms with van der Waals surface area (Å²) >= 11 is 13.0. The van der Waals surface area contributed by atoms with Crippen LogP contribution >= 0.6 is 35.6 Å². The Hall–Kier alpha value is -3.29. The largest absolute Gasteiger partial charge is 0.493 e. The van der Waals surface area contributed by atoms with Gasteiger partial charge in [-0.15, -0.1) is 12.4 Å². The highest BCUT2D eigenvalue weighted by Crippen LogP contribution is 2.48. The molecule has 2 amide bonds. The van der Waals surface area contributed by atoms with E-state index in [9.17, 15) is 14.7 Å². The Morgan fingerprint density at radius 1 is 0.881 bits per heavy atom. The molecule has 3 saturated heterocycles. The van der Waals surface area contributed by atoms with Crippen LogP contribution in [0, 0.1) is 5.92 Å². The summed E-state index contributed by atoms with van der Waals surface area (Å²) in [6, 6.07) is 17.6. The molecule has 11 nitrogen and oxygen atoms in total. The Bertz CT molecular complexity index is 1890. The van der Waals surface area contributed by atoms with Crippen LogP contribution < -0.4 is 14.2 Å². The highest BCUT2D eigenvalue weighted by atomic mass is 35.5. The monoisotopic (exact) mass is 873 g/mol. The highest BCUT2D eigenvalue weighted by Gasteiger charge is 2.50. The van der Waals surface area contributed by atoms with E-state index in [1.54, 1.807) is 18.2 Å². The lowest BCUT2D eigenvalue weighted by atomic mass is 9.72. The second kappa shape index (κ2) is 20.1. The maximum atomic E-state index is 14.2. The van der Waals surface area contributed by atoms with Crippen LogP contribution in [0.15, 0.2) is 54.6 Å². The average Bonchev–Trinajstić information content (AvgIpc) is 3.56. The Morgan fingerprint density at radius 3 is 2.25 bits per heavy atom. The molecule has 322 valence electrons. The lowest BCUT2D eigenvalue weighted by Crippen LogP contribution is -2.54. The molecule has 3 aliphatic heterocycles. The molecule has 2 atom stereocenters. The van der Waals surface area contributed by atoms with Gasteiger partial charge in [-0.25, -0.2) is 0 Å². The van der Waals surface area contributed by atoms with E-state index in [1.807, 2.05) is 21.9 Å². The fourth-order valence-electron chi connectivity index (χ4n) is 9.79. The van der Waals surface area contributed by atoms with Crippen LogP contribution in [0.4, 0.5) is 0 Å². The van der Waals surface area contributed by atoms with Gasteiger partial charge in [-0.3, -0.25) is 9.59 Å². The van der Waals surface area contributed by atoms with Crippen LogP contribution in [0.3, 0.4) is 0 Å². The number of aliphatic hydroxyl groups excluding tert-OH is 1. The number of likely N-dealkylation sites (tertiary alicyclic amines) is 2. The number of piperidine rings is 2. The molecule has 0 unspecified atom stereocenters. The summed E-state index contributed by atoms with van der Waals surface area (Å²) in [6.45, 7) is 5.36. The van der Waals surface area contributed by atoms with E-state index in [-0.39, 0.29) is 49.0 Å². The van der Waals surface area contributed by atoms with Crippen molar-refractivity contribution < 1.29 is 38.4 Å². The van der Waals surface area contributed by atoms with Crippen LogP contribution in [0.5, 0.6) is 17.2 Å². The van der Waals surface area contributed by atoms with Crippen molar-refractivity contribution in [1.29, 1.82) is 0 Å². The molecule has 1 spiro atoms. The van der Waals surface area contributed by atoms with Crippen LogP contribution in [-0.2, 0) is 31.7 Å². The van der Waals surface area contributed by atoms with Crippen LogP contribution in [0.2, 0.25) is 10.0 Å². The molecule has 3 fully saturated rings. The third-order valence-corrected chi connectivity index (χ3v) is 13.9. The smallest absolute Gasteiger partial charge is 0.254 e. The zero-order chi connectivity index (χ0) is 40.9. The number of ether oxygens (including phenoxy) is 5. The Kier molecular flexibility index (Phi) is 15.4. The normalized spacial score (nSPS) is 21.8. The number of hydrogen-bond donors (Lipinski definition) is 1. The molecule has 0 saturated carbocycles. The van der Waals surface area contributed by atoms with E-state index in [0.29, 0.717) is 64.9 Å². The van der Waals surface area contributed by atoms with Gasteiger partial charge in [0.25, 0.3) is 5.91 Å². The fraction of sp³-hybridized carbons (Fsp3) is 0.556. The van der Waals surface area contributed by atoms with Gasteiger partial charge in [-0.1, -0.05) is 53.5 Å². The minimum atomic E-state index is -0.836. The summed E-state index contributed by atoms with van der Waals surface area (Å²) < 4.78 is 30.0. The van der Waals surface area contributed by atoms with Gasteiger partial charge in [0.05, 0.1) is 50.6 Å². The average molecular weight is 875 g/mol. The third kappa shape index (κ3) is 9.62. The van der Waals surface area contributed by atoms with Crippen molar-refractivity contribution in [3.05, 3.63) is 86.9 Å². The van der Waals surface area contributed by atoms with Gasteiger partial charge in [-0.2, -0.15) is 0 Å². The zero-order valence-electron chi connectivity index (χ0n) is 34.4. The predicted molar refractivity (Wildman–Crippen MR) is 231 cm³/mol. The summed E-state index contributed by atoms with van der Waals surface area (Å²) in [7, 11) is 4.60. The molecule has 3 aromatic carbocycles. The first-order chi connectivity index (χ1) is 28.1. The van der Waals surface area contributed by atoms with E-state index in [0.717, 1.165) is 83.2 Å². The minimum absolute atomic E-state index is 0. The summed E-state index contributed by atoms with van der Waals surface area (Å²) in [6.07, 6.45) is 6.99. The number of nitrogens with zero attached hydrogens (tertiary/aromatic N) is 3. The van der Waals surface area contributed by atoms with Gasteiger partial charge in [-0.05, 0) is 111 Å². The fourth-order valence-corrected chi connectivity index (χ4v) is 10.1. The van der Waals surface area contributed by atoms with Crippen molar-refractivity contribution in [3.63, 3.8) is 0 Å². The number of carbonyl (C=O) groups excluding carboxylic acids is 2. The molecule has 0 radical (unpaired) electrons. The van der Waals surface area contributed by atoms with Crippen LogP contribution in [0.25, 0.3) is 0 Å². The number of fused-ring (bicyclic) bond motifs is 2. The number of hydrogen-bond acceptors (Lipinski definition) is 9. The molecular formula is C45H58Cl3N3O8. The first-order valence-corrected chi connectivity index (χ1v) is 21.4. The Labute approximate surface area is 364 Å². The van der Waals surface area contributed by atoms with Crippen molar-refractivity contribution in [1.82, 2.24) is 14.7 Å². The van der Waals surface area contributed by atoms with E-state index in [4.69, 9.17) is 46.9 Å². The number of morpholine rings is 1. The quantitative estimate of drug-likeness (QED) is 0.180. The van der Waals surface area contributed by atoms with Crippen LogP contribution in [-0.4, -0.2) is 125 Å². The summed E-state index contributed by atoms with van der Waals surface area (Å²) in [5.41, 5.74) is 2.95. The molecule has 14 heteroatoms. The molecule has 59 heavy (non-hydrogen) atoms. The topological polar surface area (TPSA) is 110 Å². The van der Waals surface area contributed by atoms with Gasteiger partial charge in [0.2, 0.25) is 11.7 Å². The lowest BCUT2D eigenvalue weighted by molar-refractivity contribution is -0.141. The molecule has 0 bridgehead atoms. The summed E-state index contributed by atoms with van der Waals surface area (Å²) in [5, 5.41) is 10.1. The molecular weight excluding hydrogens is 817 g/mol. The first-order valence-electron chi connectivity index (χ1n) is 20.6. The molecule has 4 aliphatic rings. The van der Waals surface area contributed by atoms with Gasteiger partial charge in [0.15, 0.2) is 11.5 Å². The Morgan fingerprint density at radius 2 is 1.59 bits per heavy atom. The van der Waals surface area contributed by atoms with Crippen molar-refractivity contribution >= 4 is 47.4 Å². The standard InChI is InChI=1S/C45H57Cl2N3O8.ClH/c1-54-38-25-33(26-39(55-2)42(38)56-3)43(53)50-22-24-58-45(30-50,34-10-11-36(46)37(47)28-34)16-21-48-19-14-44(15-20-48)35-9-5-4-8-32(35)27-40(44)57-29-41(52)49-17-12-31(13-18-49)7-6-23-51;/h4-5,8-11,25-26,28,31,40,51H,6-7,12-24,27,29-30H2,1-3H3;1H/t40-,45+;/m0./s1. The van der Waals surface area contributed by atoms with E-state index < -0.39 is 5.60 Å². The van der Waals surface area contributed by atoms with Crippen molar-refractivity contribution in [2.75, 3.05) is 87.0 Å². The van der Waals surface area contributed by atoms with Crippen molar-refractivity contribution in [2.24, 2.45) is 5.92 Å². The maximum absolute atomic E-state index is 14.2. The number of aliphatic hydroxyl groups is 1. The first kappa shape index (κ1) is 45.2. The second-order valence-corrected chi connectivity index (χ2v) is 17.0. The second-order valence-electron chi connectivity index (χ2n) is 16.2. The SMILES string of the molecule is COc1cc(C(=O)N2CCO[C@@](CCN3CCC4(CC3)c3ccccc3C[C@@H]4OCC(=O)N3CCC(CCCO)CC3)(c3ccc(Cl)c(Cl)c3)C2)cc(OC)c1OC.Cl. The Balaban J connectivity index is 0.00000585. The van der Waals surface area contributed by atoms with Crippen molar-refractivity contribution in [2.45, 2.75) is 68.5 Å².